The summed E-state index contributed by atoms with van der Waals surface area (Å²) in [6.07, 6.45) is 0.855. The van der Waals surface area contributed by atoms with E-state index in [1.54, 1.807) is 24.3 Å². The predicted molar refractivity (Wildman–Crippen MR) is 75.5 cm³/mol. The van der Waals surface area contributed by atoms with Crippen LogP contribution in [0, 0.1) is 5.92 Å². The average molecular weight is 277 g/mol. The molecule has 1 saturated heterocycles. The van der Waals surface area contributed by atoms with Crippen LogP contribution in [0.4, 0.5) is 5.69 Å². The maximum atomic E-state index is 11.9. The number of carbonyl (C=O) groups is 2. The Bertz CT molecular complexity index is 467. The molecule has 0 radical (unpaired) electrons. The number of aliphatic hydroxyl groups is 1. The third kappa shape index (κ3) is 3.79. The van der Waals surface area contributed by atoms with Gasteiger partial charge >= 0.3 is 0 Å². The minimum absolute atomic E-state index is 0.00693. The molecule has 108 valence electrons. The number of amides is 2. The molecule has 1 fully saturated rings. The van der Waals surface area contributed by atoms with Gasteiger partial charge in [0.25, 0.3) is 5.91 Å². The van der Waals surface area contributed by atoms with Crippen molar-refractivity contribution in [3.63, 3.8) is 0 Å². The number of benzene rings is 1. The lowest BCUT2D eigenvalue weighted by atomic mass is 10.1. The van der Waals surface area contributed by atoms with E-state index in [1.807, 2.05) is 0 Å². The van der Waals surface area contributed by atoms with E-state index in [2.05, 4.69) is 16.0 Å². The number of anilines is 1. The lowest BCUT2D eigenvalue weighted by Crippen LogP contribution is -2.26. The Kier molecular flexibility index (Phi) is 5.09. The Hall–Kier alpha value is -1.92. The Balaban J connectivity index is 1.90. The zero-order chi connectivity index (χ0) is 14.4. The molecule has 0 bridgehead atoms. The monoisotopic (exact) mass is 277 g/mol. The van der Waals surface area contributed by atoms with Crippen molar-refractivity contribution in [1.82, 2.24) is 10.6 Å². The Morgan fingerprint density at radius 1 is 1.30 bits per heavy atom. The molecule has 0 aromatic heterocycles. The van der Waals surface area contributed by atoms with Crippen LogP contribution in [0.1, 0.15) is 16.8 Å². The van der Waals surface area contributed by atoms with Crippen molar-refractivity contribution in [2.45, 2.75) is 6.42 Å². The van der Waals surface area contributed by atoms with Gasteiger partial charge in [-0.25, -0.2) is 0 Å². The lowest BCUT2D eigenvalue weighted by molar-refractivity contribution is -0.119. The molecule has 0 saturated carbocycles. The van der Waals surface area contributed by atoms with Crippen molar-refractivity contribution in [3.05, 3.63) is 29.8 Å². The van der Waals surface area contributed by atoms with Crippen LogP contribution < -0.4 is 16.0 Å². The molecule has 1 aromatic carbocycles. The number of hydrogen-bond donors (Lipinski definition) is 4. The van der Waals surface area contributed by atoms with Crippen molar-refractivity contribution in [2.24, 2.45) is 5.92 Å². The maximum absolute atomic E-state index is 11.9. The molecule has 1 heterocycles. The minimum Gasteiger partial charge on any atom is -0.395 e. The first kappa shape index (κ1) is 14.5. The van der Waals surface area contributed by atoms with Gasteiger partial charge in [-0.05, 0) is 37.2 Å². The number of rotatable bonds is 5. The molecule has 0 aliphatic carbocycles. The number of hydrogen-bond acceptors (Lipinski definition) is 4. The van der Waals surface area contributed by atoms with Crippen molar-refractivity contribution >= 4 is 17.5 Å². The van der Waals surface area contributed by atoms with Crippen LogP contribution in [-0.4, -0.2) is 43.2 Å². The van der Waals surface area contributed by atoms with Crippen LogP contribution >= 0.6 is 0 Å². The van der Waals surface area contributed by atoms with E-state index in [4.69, 9.17) is 5.11 Å². The highest BCUT2D eigenvalue weighted by Crippen LogP contribution is 2.14. The van der Waals surface area contributed by atoms with Gasteiger partial charge in [0, 0.05) is 24.3 Å². The van der Waals surface area contributed by atoms with Crippen molar-refractivity contribution in [3.8, 4) is 0 Å². The smallest absolute Gasteiger partial charge is 0.251 e. The lowest BCUT2D eigenvalue weighted by Gasteiger charge is -2.10. The third-order valence-electron chi connectivity index (χ3n) is 3.24. The molecule has 1 aliphatic rings. The van der Waals surface area contributed by atoms with Gasteiger partial charge in [-0.2, -0.15) is 0 Å². The van der Waals surface area contributed by atoms with Crippen molar-refractivity contribution < 1.29 is 14.7 Å². The molecule has 20 heavy (non-hydrogen) atoms. The van der Waals surface area contributed by atoms with Gasteiger partial charge in [0.1, 0.15) is 0 Å². The highest BCUT2D eigenvalue weighted by Gasteiger charge is 2.22. The highest BCUT2D eigenvalue weighted by molar-refractivity contribution is 5.96. The van der Waals surface area contributed by atoms with E-state index >= 15 is 0 Å². The largest absolute Gasteiger partial charge is 0.395 e. The molecule has 1 atom stereocenters. The van der Waals surface area contributed by atoms with Crippen LogP contribution in [0.15, 0.2) is 24.3 Å². The second-order valence-corrected chi connectivity index (χ2v) is 4.74. The van der Waals surface area contributed by atoms with Crippen LogP contribution in [0.3, 0.4) is 0 Å². The number of nitrogens with one attached hydrogen (secondary N) is 3. The van der Waals surface area contributed by atoms with Gasteiger partial charge in [-0.15, -0.1) is 0 Å². The van der Waals surface area contributed by atoms with E-state index in [1.165, 1.54) is 0 Å². The topological polar surface area (TPSA) is 90.5 Å². The summed E-state index contributed by atoms with van der Waals surface area (Å²) in [5.41, 5.74) is 1.18. The van der Waals surface area contributed by atoms with Gasteiger partial charge in [-0.1, -0.05) is 0 Å². The number of carbonyl (C=O) groups excluding carboxylic acids is 2. The fourth-order valence-electron chi connectivity index (χ4n) is 2.10. The molecule has 2 rings (SSSR count). The second-order valence-electron chi connectivity index (χ2n) is 4.74. The molecule has 1 aliphatic heterocycles. The molecule has 2 amide bonds. The minimum atomic E-state index is -0.239. The first-order valence-electron chi connectivity index (χ1n) is 6.71. The summed E-state index contributed by atoms with van der Waals surface area (Å²) in [5.74, 6) is -0.216. The van der Waals surface area contributed by atoms with E-state index < -0.39 is 0 Å². The molecule has 1 unspecified atom stereocenters. The number of aliphatic hydroxyl groups excluding tert-OH is 1. The summed E-state index contributed by atoms with van der Waals surface area (Å²) in [5, 5.41) is 17.2. The first-order valence-corrected chi connectivity index (χ1v) is 6.71. The summed E-state index contributed by atoms with van der Waals surface area (Å²) < 4.78 is 0. The van der Waals surface area contributed by atoms with Crippen LogP contribution in [0.2, 0.25) is 0 Å². The Morgan fingerprint density at radius 3 is 2.65 bits per heavy atom. The third-order valence-corrected chi connectivity index (χ3v) is 3.24. The van der Waals surface area contributed by atoms with E-state index in [0.717, 1.165) is 13.0 Å². The fraction of sp³-hybridized carbons (Fsp3) is 0.429. The molecular formula is C14H19N3O3. The summed E-state index contributed by atoms with van der Waals surface area (Å²) in [6, 6.07) is 6.70. The average Bonchev–Trinajstić information content (AvgIpc) is 3.00. The summed E-state index contributed by atoms with van der Waals surface area (Å²) >= 11 is 0. The predicted octanol–water partition coefficient (Wildman–Crippen LogP) is -0.0433. The van der Waals surface area contributed by atoms with Crippen LogP contribution in [0.25, 0.3) is 0 Å². The van der Waals surface area contributed by atoms with Gasteiger partial charge in [0.05, 0.1) is 12.5 Å². The molecule has 6 heteroatoms. The van der Waals surface area contributed by atoms with E-state index in [0.29, 0.717) is 17.8 Å². The highest BCUT2D eigenvalue weighted by atomic mass is 16.3. The zero-order valence-corrected chi connectivity index (χ0v) is 11.2. The molecule has 4 N–H and O–H groups in total. The zero-order valence-electron chi connectivity index (χ0n) is 11.2. The van der Waals surface area contributed by atoms with Crippen molar-refractivity contribution in [2.75, 3.05) is 31.6 Å². The van der Waals surface area contributed by atoms with Gasteiger partial charge < -0.3 is 21.1 Å². The van der Waals surface area contributed by atoms with Crippen LogP contribution in [0.5, 0.6) is 0 Å². The molecule has 0 spiro atoms. The quantitative estimate of drug-likeness (QED) is 0.608. The molecule has 6 nitrogen and oxygen atoms in total. The Labute approximate surface area is 117 Å². The van der Waals surface area contributed by atoms with Gasteiger partial charge in [0.15, 0.2) is 0 Å². The molecular weight excluding hydrogens is 258 g/mol. The van der Waals surface area contributed by atoms with E-state index in [9.17, 15) is 9.59 Å². The van der Waals surface area contributed by atoms with Gasteiger partial charge in [-0.3, -0.25) is 9.59 Å². The second kappa shape index (κ2) is 7.02. The summed E-state index contributed by atoms with van der Waals surface area (Å²) in [4.78, 5) is 23.5. The standard InChI is InChI=1S/C14H19N3O3/c18-8-7-16-13(19)10-1-3-12(4-2-10)17-14(20)11-5-6-15-9-11/h1-4,11,15,18H,5-9H2,(H,16,19)(H,17,20). The normalized spacial score (nSPS) is 17.8. The van der Waals surface area contributed by atoms with Crippen LogP contribution in [-0.2, 0) is 4.79 Å². The van der Waals surface area contributed by atoms with Gasteiger partial charge in [0.2, 0.25) is 5.91 Å². The molecule has 1 aromatic rings. The SMILES string of the molecule is O=C(NCCO)c1ccc(NC(=O)C2CCNC2)cc1. The summed E-state index contributed by atoms with van der Waals surface area (Å²) in [6.45, 7) is 1.73. The Morgan fingerprint density at radius 2 is 2.05 bits per heavy atom. The fourth-order valence-corrected chi connectivity index (χ4v) is 2.10. The van der Waals surface area contributed by atoms with E-state index in [-0.39, 0.29) is 30.9 Å². The van der Waals surface area contributed by atoms with Crippen molar-refractivity contribution in [1.29, 1.82) is 0 Å². The first-order chi connectivity index (χ1) is 9.70. The maximum Gasteiger partial charge on any atom is 0.251 e. The summed E-state index contributed by atoms with van der Waals surface area (Å²) in [7, 11) is 0.